The Balaban J connectivity index is 1.92. The molecule has 1 saturated heterocycles. The summed E-state index contributed by atoms with van der Waals surface area (Å²) in [6.45, 7) is 15.9. The van der Waals surface area contributed by atoms with Gasteiger partial charge in [-0.1, -0.05) is 39.5 Å². The average Bonchev–Trinajstić information content (AvgIpc) is 2.78. The lowest BCUT2D eigenvalue weighted by Crippen LogP contribution is -2.44. The van der Waals surface area contributed by atoms with Gasteiger partial charge >= 0.3 is 11.9 Å². The summed E-state index contributed by atoms with van der Waals surface area (Å²) >= 11 is 0. The fraction of sp³-hybridized carbons (Fsp3) is 0.714. The van der Waals surface area contributed by atoms with Crippen LogP contribution in [0.5, 0.6) is 0 Å². The van der Waals surface area contributed by atoms with Crippen molar-refractivity contribution in [3.05, 3.63) is 24.3 Å². The summed E-state index contributed by atoms with van der Waals surface area (Å²) < 4.78 is 11.3. The van der Waals surface area contributed by atoms with Gasteiger partial charge in [0, 0.05) is 42.1 Å². The summed E-state index contributed by atoms with van der Waals surface area (Å²) in [5.74, 6) is -0.669. The van der Waals surface area contributed by atoms with Gasteiger partial charge in [-0.05, 0) is 19.3 Å². The van der Waals surface area contributed by atoms with Gasteiger partial charge in [0.05, 0.1) is 5.60 Å². The number of esters is 2. The number of ether oxygens (including phenoxy) is 2. The van der Waals surface area contributed by atoms with E-state index in [-0.39, 0.29) is 35.8 Å². The van der Waals surface area contributed by atoms with Crippen LogP contribution in [0.25, 0.3) is 0 Å². The molecule has 3 aliphatic rings. The van der Waals surface area contributed by atoms with E-state index >= 15 is 0 Å². The topological polar surface area (TPSA) is 72.8 Å². The second kappa shape index (κ2) is 6.22. The maximum absolute atomic E-state index is 12.3. The lowest BCUT2D eigenvalue weighted by Gasteiger charge is -2.41. The summed E-state index contributed by atoms with van der Waals surface area (Å²) in [5, 5.41) is 11.2. The molecular weight excluding hydrogens is 332 g/mol. The van der Waals surface area contributed by atoms with E-state index in [9.17, 15) is 14.7 Å². The molecular formula is C21H30O5. The van der Waals surface area contributed by atoms with Crippen LogP contribution in [-0.4, -0.2) is 34.9 Å². The van der Waals surface area contributed by atoms with Crippen molar-refractivity contribution in [2.45, 2.75) is 71.2 Å². The first kappa shape index (κ1) is 19.2. The first-order valence-electron chi connectivity index (χ1n) is 9.45. The highest BCUT2D eigenvalue weighted by Crippen LogP contribution is 2.61. The van der Waals surface area contributed by atoms with Gasteiger partial charge in [-0.3, -0.25) is 4.79 Å². The molecule has 3 fully saturated rings. The van der Waals surface area contributed by atoms with Crippen molar-refractivity contribution >= 4 is 11.9 Å². The molecule has 26 heavy (non-hydrogen) atoms. The third-order valence-electron chi connectivity index (χ3n) is 6.71. The van der Waals surface area contributed by atoms with Crippen molar-refractivity contribution in [1.82, 2.24) is 0 Å². The number of carbonyl (C=O) groups is 2. The first-order valence-corrected chi connectivity index (χ1v) is 9.45. The van der Waals surface area contributed by atoms with Gasteiger partial charge in [-0.25, -0.2) is 4.79 Å². The fourth-order valence-electron chi connectivity index (χ4n) is 5.16. The molecule has 2 aliphatic carbocycles. The van der Waals surface area contributed by atoms with Crippen molar-refractivity contribution in [2.24, 2.45) is 23.2 Å². The Morgan fingerprint density at radius 3 is 2.62 bits per heavy atom. The summed E-state index contributed by atoms with van der Waals surface area (Å²) in [4.78, 5) is 24.2. The second-order valence-corrected chi connectivity index (χ2v) is 9.14. The third-order valence-corrected chi connectivity index (χ3v) is 6.71. The zero-order chi connectivity index (χ0) is 19.4. The van der Waals surface area contributed by atoms with Crippen LogP contribution >= 0.6 is 0 Å². The Bertz CT molecular complexity index is 661. The van der Waals surface area contributed by atoms with Gasteiger partial charge in [0.2, 0.25) is 0 Å². The van der Waals surface area contributed by atoms with Crippen molar-refractivity contribution in [3.8, 4) is 0 Å². The number of aliphatic hydroxyl groups is 1. The molecule has 0 radical (unpaired) electrons. The van der Waals surface area contributed by atoms with Gasteiger partial charge in [-0.2, -0.15) is 0 Å². The van der Waals surface area contributed by atoms with E-state index in [1.54, 1.807) is 6.92 Å². The number of rotatable bonds is 3. The van der Waals surface area contributed by atoms with Gasteiger partial charge in [0.15, 0.2) is 0 Å². The molecule has 2 saturated carbocycles. The van der Waals surface area contributed by atoms with Crippen LogP contribution in [0, 0.1) is 23.2 Å². The molecule has 5 nitrogen and oxygen atoms in total. The molecule has 0 amide bonds. The lowest BCUT2D eigenvalue weighted by atomic mass is 9.65. The molecule has 0 spiro atoms. The molecule has 1 heterocycles. The van der Waals surface area contributed by atoms with Gasteiger partial charge < -0.3 is 14.6 Å². The van der Waals surface area contributed by atoms with Gasteiger partial charge in [0.25, 0.3) is 0 Å². The molecule has 0 aromatic carbocycles. The average molecular weight is 362 g/mol. The zero-order valence-corrected chi connectivity index (χ0v) is 16.2. The van der Waals surface area contributed by atoms with Crippen molar-refractivity contribution in [2.75, 3.05) is 0 Å². The first-order chi connectivity index (χ1) is 12.0. The quantitative estimate of drug-likeness (QED) is 0.474. The number of hydrogen-bond donors (Lipinski definition) is 1. The maximum atomic E-state index is 12.3. The molecule has 0 bridgehead atoms. The fourth-order valence-corrected chi connectivity index (χ4v) is 5.16. The summed E-state index contributed by atoms with van der Waals surface area (Å²) in [6.07, 6.45) is 1.12. The smallest absolute Gasteiger partial charge is 0.334 e. The van der Waals surface area contributed by atoms with Crippen LogP contribution < -0.4 is 0 Å². The zero-order valence-electron chi connectivity index (χ0n) is 16.2. The van der Waals surface area contributed by atoms with Crippen LogP contribution in [0.2, 0.25) is 0 Å². The van der Waals surface area contributed by atoms with E-state index in [2.05, 4.69) is 13.2 Å². The van der Waals surface area contributed by atoms with E-state index in [0.29, 0.717) is 31.3 Å². The Kier molecular flexibility index (Phi) is 4.58. The highest BCUT2D eigenvalue weighted by molar-refractivity contribution is 5.90. The molecule has 6 unspecified atom stereocenters. The van der Waals surface area contributed by atoms with Crippen LogP contribution in [0.1, 0.15) is 53.4 Å². The highest BCUT2D eigenvalue weighted by Gasteiger charge is 2.64. The monoisotopic (exact) mass is 362 g/mol. The maximum Gasteiger partial charge on any atom is 0.334 e. The number of carbonyl (C=O) groups excluding carboxylic acids is 2. The van der Waals surface area contributed by atoms with Crippen molar-refractivity contribution in [1.29, 1.82) is 0 Å². The Morgan fingerprint density at radius 1 is 1.35 bits per heavy atom. The summed E-state index contributed by atoms with van der Waals surface area (Å²) in [5.41, 5.74) is -0.253. The number of hydrogen-bond acceptors (Lipinski definition) is 5. The molecule has 144 valence electrons. The van der Waals surface area contributed by atoms with Crippen LogP contribution in [0.15, 0.2) is 24.3 Å². The lowest BCUT2D eigenvalue weighted by molar-refractivity contribution is -0.151. The van der Waals surface area contributed by atoms with Gasteiger partial charge in [-0.15, -0.1) is 0 Å². The minimum absolute atomic E-state index is 0.133. The third kappa shape index (κ3) is 2.90. The van der Waals surface area contributed by atoms with E-state index in [1.165, 1.54) is 0 Å². The van der Waals surface area contributed by atoms with Crippen LogP contribution in [-0.2, 0) is 19.1 Å². The van der Waals surface area contributed by atoms with E-state index in [1.807, 2.05) is 20.8 Å². The van der Waals surface area contributed by atoms with Gasteiger partial charge in [0.1, 0.15) is 12.2 Å². The largest absolute Gasteiger partial charge is 0.462 e. The Morgan fingerprint density at radius 2 is 2.00 bits per heavy atom. The van der Waals surface area contributed by atoms with Crippen molar-refractivity contribution in [3.63, 3.8) is 0 Å². The molecule has 0 aromatic heterocycles. The molecule has 1 aliphatic heterocycles. The predicted octanol–water partition coefficient (Wildman–Crippen LogP) is 3.17. The molecule has 0 aromatic rings. The highest BCUT2D eigenvalue weighted by atomic mass is 16.6. The van der Waals surface area contributed by atoms with E-state index < -0.39 is 17.1 Å². The SMILES string of the molecule is C=C1C(=O)OC2CC(=C)C3C(OC(=O)CC(C)C)CC(C)(O)C3(C)CC12. The van der Waals surface area contributed by atoms with Crippen molar-refractivity contribution < 1.29 is 24.2 Å². The van der Waals surface area contributed by atoms with Crippen LogP contribution in [0.3, 0.4) is 0 Å². The molecule has 5 heteroatoms. The molecule has 3 rings (SSSR count). The minimum atomic E-state index is -1.04. The minimum Gasteiger partial charge on any atom is -0.462 e. The van der Waals surface area contributed by atoms with E-state index in [0.717, 1.165) is 5.57 Å². The Hall–Kier alpha value is -1.62. The van der Waals surface area contributed by atoms with Crippen LogP contribution in [0.4, 0.5) is 0 Å². The molecule has 6 atom stereocenters. The predicted molar refractivity (Wildman–Crippen MR) is 97.1 cm³/mol. The molecule has 1 N–H and O–H groups in total. The Labute approximate surface area is 155 Å². The summed E-state index contributed by atoms with van der Waals surface area (Å²) in [6, 6.07) is 0. The standard InChI is InChI=1S/C21H30O5/c1-11(2)7-17(22)25-16-10-21(6,24)20(5)9-14-13(4)19(23)26-15(14)8-12(3)18(16)20/h11,14-16,18,24H,3-4,7-10H2,1-2,5-6H3. The van der Waals surface area contributed by atoms with E-state index in [4.69, 9.17) is 9.47 Å². The number of fused-ring (bicyclic) bond motifs is 2. The summed E-state index contributed by atoms with van der Waals surface area (Å²) in [7, 11) is 0. The second-order valence-electron chi connectivity index (χ2n) is 9.14. The normalized spacial score (nSPS) is 42.3.